The Labute approximate surface area is 86.4 Å². The van der Waals surface area contributed by atoms with Crippen LogP contribution in [0.4, 0.5) is 0 Å². The monoisotopic (exact) mass is 205 g/mol. The minimum absolute atomic E-state index is 0.0862. The van der Waals surface area contributed by atoms with Crippen molar-refractivity contribution >= 4 is 17.1 Å². The molecule has 0 aliphatic rings. The van der Waals surface area contributed by atoms with Gasteiger partial charge >= 0.3 is 5.97 Å². The number of fused-ring (bicyclic) bond motifs is 1. The minimum Gasteiger partial charge on any atom is -0.481 e. The molecule has 2 rings (SSSR count). The topological polar surface area (TPSA) is 68.0 Å². The summed E-state index contributed by atoms with van der Waals surface area (Å²) in [5.41, 5.74) is 1.55. The average molecular weight is 205 g/mol. The van der Waals surface area contributed by atoms with Crippen LogP contribution in [-0.2, 0) is 11.3 Å². The van der Waals surface area contributed by atoms with Crippen LogP contribution in [0.15, 0.2) is 18.3 Å². The van der Waals surface area contributed by atoms with Crippen LogP contribution in [0, 0.1) is 6.92 Å². The third kappa shape index (κ3) is 1.81. The van der Waals surface area contributed by atoms with Crippen LogP contribution in [0.2, 0.25) is 0 Å². The second kappa shape index (κ2) is 3.68. The normalized spacial score (nSPS) is 10.7. The first kappa shape index (κ1) is 9.64. The molecule has 0 amide bonds. The number of nitrogens with zero attached hydrogens (tertiary/aromatic N) is 3. The van der Waals surface area contributed by atoms with Crippen molar-refractivity contribution in [1.29, 1.82) is 0 Å². The molecule has 1 N–H and O–H groups in total. The zero-order valence-corrected chi connectivity index (χ0v) is 8.34. The average Bonchev–Trinajstić information content (AvgIpc) is 2.50. The Hall–Kier alpha value is -1.91. The van der Waals surface area contributed by atoms with Crippen molar-refractivity contribution in [2.75, 3.05) is 0 Å². The third-order valence-corrected chi connectivity index (χ3v) is 2.24. The molecule has 0 aliphatic heterocycles. The van der Waals surface area contributed by atoms with Gasteiger partial charge in [0.25, 0.3) is 0 Å². The highest BCUT2D eigenvalue weighted by atomic mass is 16.4. The van der Waals surface area contributed by atoms with Gasteiger partial charge in [-0.25, -0.2) is 9.97 Å². The number of aromatic nitrogens is 3. The Morgan fingerprint density at radius 2 is 2.40 bits per heavy atom. The first-order valence-corrected chi connectivity index (χ1v) is 4.68. The van der Waals surface area contributed by atoms with Crippen LogP contribution < -0.4 is 0 Å². The van der Waals surface area contributed by atoms with Gasteiger partial charge in [-0.15, -0.1) is 0 Å². The van der Waals surface area contributed by atoms with Gasteiger partial charge in [-0.3, -0.25) is 4.79 Å². The highest BCUT2D eigenvalue weighted by Gasteiger charge is 2.08. The Bertz CT molecular complexity index is 504. The molecule has 0 saturated heterocycles. The summed E-state index contributed by atoms with van der Waals surface area (Å²) in [4.78, 5) is 19.0. The van der Waals surface area contributed by atoms with Gasteiger partial charge in [0.2, 0.25) is 0 Å². The van der Waals surface area contributed by atoms with Gasteiger partial charge in [0, 0.05) is 12.7 Å². The molecule has 0 fully saturated rings. The Kier molecular flexibility index (Phi) is 2.37. The molecule has 0 unspecified atom stereocenters. The number of rotatable bonds is 3. The number of carboxylic acids is 1. The quantitative estimate of drug-likeness (QED) is 0.817. The zero-order chi connectivity index (χ0) is 10.8. The summed E-state index contributed by atoms with van der Waals surface area (Å²) < 4.78 is 1.82. The van der Waals surface area contributed by atoms with E-state index in [0.717, 1.165) is 17.0 Å². The SMILES string of the molecule is Cc1nc2cccnc2n1CCC(=O)O. The number of pyridine rings is 1. The lowest BCUT2D eigenvalue weighted by Crippen LogP contribution is -2.06. The van der Waals surface area contributed by atoms with Crippen molar-refractivity contribution in [3.8, 4) is 0 Å². The first-order chi connectivity index (χ1) is 7.18. The third-order valence-electron chi connectivity index (χ3n) is 2.24. The van der Waals surface area contributed by atoms with Crippen LogP contribution in [0.5, 0.6) is 0 Å². The molecule has 0 aliphatic carbocycles. The summed E-state index contributed by atoms with van der Waals surface area (Å²) in [6, 6.07) is 3.68. The van der Waals surface area contributed by atoms with Gasteiger partial charge in [0.1, 0.15) is 11.3 Å². The van der Waals surface area contributed by atoms with E-state index in [2.05, 4.69) is 9.97 Å². The van der Waals surface area contributed by atoms with E-state index >= 15 is 0 Å². The predicted octanol–water partition coefficient (Wildman–Crippen LogP) is 1.21. The summed E-state index contributed by atoms with van der Waals surface area (Å²) in [5.74, 6) is -0.0165. The molecule has 0 atom stereocenters. The molecule has 0 spiro atoms. The lowest BCUT2D eigenvalue weighted by Gasteiger charge is -2.02. The van der Waals surface area contributed by atoms with E-state index in [0.29, 0.717) is 6.54 Å². The van der Waals surface area contributed by atoms with Crippen LogP contribution >= 0.6 is 0 Å². The van der Waals surface area contributed by atoms with Crippen molar-refractivity contribution in [3.05, 3.63) is 24.2 Å². The maximum Gasteiger partial charge on any atom is 0.305 e. The Balaban J connectivity index is 2.40. The number of aliphatic carboxylic acids is 1. The second-order valence-electron chi connectivity index (χ2n) is 3.30. The molecule has 5 nitrogen and oxygen atoms in total. The lowest BCUT2D eigenvalue weighted by atomic mass is 10.4. The Morgan fingerprint density at radius 1 is 1.60 bits per heavy atom. The molecule has 2 heterocycles. The van der Waals surface area contributed by atoms with E-state index in [1.54, 1.807) is 6.20 Å². The molecule has 0 saturated carbocycles. The highest BCUT2D eigenvalue weighted by molar-refractivity contribution is 5.71. The summed E-state index contributed by atoms with van der Waals surface area (Å²) >= 11 is 0. The summed E-state index contributed by atoms with van der Waals surface area (Å²) in [6.45, 7) is 2.26. The number of hydrogen-bond acceptors (Lipinski definition) is 3. The standard InChI is InChI=1S/C10H11N3O2/c1-7-12-8-3-2-5-11-10(8)13(7)6-4-9(14)15/h2-3,5H,4,6H2,1H3,(H,14,15). The van der Waals surface area contributed by atoms with E-state index in [1.807, 2.05) is 23.6 Å². The highest BCUT2D eigenvalue weighted by Crippen LogP contribution is 2.12. The molecule has 78 valence electrons. The number of hydrogen-bond donors (Lipinski definition) is 1. The minimum atomic E-state index is -0.813. The van der Waals surface area contributed by atoms with Crippen LogP contribution in [-0.4, -0.2) is 25.6 Å². The smallest absolute Gasteiger partial charge is 0.305 e. The molecular weight excluding hydrogens is 194 g/mol. The summed E-state index contributed by atoms with van der Waals surface area (Å²) in [7, 11) is 0. The second-order valence-corrected chi connectivity index (χ2v) is 3.30. The zero-order valence-electron chi connectivity index (χ0n) is 8.34. The molecule has 0 radical (unpaired) electrons. The van der Waals surface area contributed by atoms with Gasteiger partial charge in [0.15, 0.2) is 5.65 Å². The van der Waals surface area contributed by atoms with Gasteiger partial charge in [-0.1, -0.05) is 0 Å². The van der Waals surface area contributed by atoms with E-state index in [-0.39, 0.29) is 6.42 Å². The molecule has 2 aromatic heterocycles. The van der Waals surface area contributed by atoms with Crippen molar-refractivity contribution in [2.24, 2.45) is 0 Å². The van der Waals surface area contributed by atoms with Crippen LogP contribution in [0.1, 0.15) is 12.2 Å². The molecular formula is C10H11N3O2. The Morgan fingerprint density at radius 3 is 3.13 bits per heavy atom. The van der Waals surface area contributed by atoms with Gasteiger partial charge in [-0.2, -0.15) is 0 Å². The van der Waals surface area contributed by atoms with E-state index in [9.17, 15) is 4.79 Å². The van der Waals surface area contributed by atoms with E-state index in [1.165, 1.54) is 0 Å². The fourth-order valence-electron chi connectivity index (χ4n) is 1.55. The summed E-state index contributed by atoms with van der Waals surface area (Å²) in [6.07, 6.45) is 1.77. The lowest BCUT2D eigenvalue weighted by molar-refractivity contribution is -0.137. The fraction of sp³-hybridized carbons (Fsp3) is 0.300. The number of aryl methyl sites for hydroxylation is 2. The van der Waals surface area contributed by atoms with Crippen molar-refractivity contribution in [1.82, 2.24) is 14.5 Å². The predicted molar refractivity (Wildman–Crippen MR) is 54.5 cm³/mol. The molecule has 5 heteroatoms. The maximum atomic E-state index is 10.5. The van der Waals surface area contributed by atoms with Crippen molar-refractivity contribution < 1.29 is 9.90 Å². The van der Waals surface area contributed by atoms with Gasteiger partial charge in [-0.05, 0) is 19.1 Å². The maximum absolute atomic E-state index is 10.5. The van der Waals surface area contributed by atoms with E-state index in [4.69, 9.17) is 5.11 Å². The first-order valence-electron chi connectivity index (χ1n) is 4.68. The van der Waals surface area contributed by atoms with Crippen molar-refractivity contribution in [3.63, 3.8) is 0 Å². The van der Waals surface area contributed by atoms with Gasteiger partial charge in [0.05, 0.1) is 6.42 Å². The number of imidazole rings is 1. The molecule has 0 bridgehead atoms. The molecule has 0 aromatic carbocycles. The fourth-order valence-corrected chi connectivity index (χ4v) is 1.55. The molecule has 15 heavy (non-hydrogen) atoms. The van der Waals surface area contributed by atoms with Crippen LogP contribution in [0.3, 0.4) is 0 Å². The van der Waals surface area contributed by atoms with Crippen LogP contribution in [0.25, 0.3) is 11.2 Å². The molecule has 2 aromatic rings. The van der Waals surface area contributed by atoms with Crippen molar-refractivity contribution in [2.45, 2.75) is 19.9 Å². The van der Waals surface area contributed by atoms with Gasteiger partial charge < -0.3 is 9.67 Å². The number of carboxylic acid groups (broad SMARTS) is 1. The summed E-state index contributed by atoms with van der Waals surface area (Å²) in [5, 5.41) is 8.62. The largest absolute Gasteiger partial charge is 0.481 e. The number of carbonyl (C=O) groups is 1. The van der Waals surface area contributed by atoms with E-state index < -0.39 is 5.97 Å².